The van der Waals surface area contributed by atoms with Gasteiger partial charge in [-0.3, -0.25) is 4.40 Å². The maximum absolute atomic E-state index is 5.85. The van der Waals surface area contributed by atoms with Crippen molar-refractivity contribution in [3.63, 3.8) is 0 Å². The molecule has 0 atom stereocenters. The van der Waals surface area contributed by atoms with Gasteiger partial charge >= 0.3 is 0 Å². The predicted octanol–water partition coefficient (Wildman–Crippen LogP) is 5.11. The number of ether oxygens (including phenoxy) is 2. The van der Waals surface area contributed by atoms with Gasteiger partial charge in [0.15, 0.2) is 11.5 Å². The lowest BCUT2D eigenvalue weighted by Crippen LogP contribution is -2.07. The highest BCUT2D eigenvalue weighted by Gasteiger charge is 2.17. The number of hydrogen-bond acceptors (Lipinski definition) is 5. The molecule has 0 aliphatic heterocycles. The van der Waals surface area contributed by atoms with Crippen LogP contribution in [0.2, 0.25) is 0 Å². The Balaban J connectivity index is 1.73. The second kappa shape index (κ2) is 8.45. The van der Waals surface area contributed by atoms with E-state index in [0.717, 1.165) is 17.1 Å². The minimum atomic E-state index is 0.0656. The van der Waals surface area contributed by atoms with Crippen LogP contribution in [0.25, 0.3) is 17.0 Å². The fraction of sp³-hybridized carbons (Fsp3) is 0.250. The molecule has 0 spiro atoms. The van der Waals surface area contributed by atoms with Crippen molar-refractivity contribution in [3.05, 3.63) is 72.1 Å². The highest BCUT2D eigenvalue weighted by Crippen LogP contribution is 2.36. The van der Waals surface area contributed by atoms with Crippen LogP contribution in [0, 0.1) is 6.92 Å². The molecule has 1 N–H and O–H groups in total. The number of aryl methyl sites for hydroxylation is 1. The Labute approximate surface area is 176 Å². The summed E-state index contributed by atoms with van der Waals surface area (Å²) in [5.74, 6) is 2.92. The molecule has 0 bridgehead atoms. The molecule has 0 saturated carbocycles. The van der Waals surface area contributed by atoms with Gasteiger partial charge in [0.1, 0.15) is 11.5 Å². The first-order chi connectivity index (χ1) is 14.5. The van der Waals surface area contributed by atoms with Crippen LogP contribution in [-0.2, 0) is 6.54 Å². The van der Waals surface area contributed by atoms with Gasteiger partial charge in [0.2, 0.25) is 5.78 Å². The van der Waals surface area contributed by atoms with Crippen LogP contribution in [0.3, 0.4) is 0 Å². The summed E-state index contributed by atoms with van der Waals surface area (Å²) >= 11 is 0. The second-order valence-electron chi connectivity index (χ2n) is 7.47. The third-order valence-electron chi connectivity index (χ3n) is 4.78. The van der Waals surface area contributed by atoms with E-state index in [1.54, 1.807) is 13.3 Å². The monoisotopic (exact) mass is 402 g/mol. The van der Waals surface area contributed by atoms with E-state index in [4.69, 9.17) is 14.5 Å². The number of rotatable bonds is 7. The van der Waals surface area contributed by atoms with E-state index in [-0.39, 0.29) is 6.10 Å². The van der Waals surface area contributed by atoms with Crippen LogP contribution in [0.15, 0.2) is 60.9 Å². The molecule has 0 aliphatic rings. The molecule has 2 aromatic carbocycles. The van der Waals surface area contributed by atoms with Crippen molar-refractivity contribution in [3.8, 4) is 22.8 Å². The van der Waals surface area contributed by atoms with Crippen molar-refractivity contribution in [2.45, 2.75) is 33.4 Å². The van der Waals surface area contributed by atoms with E-state index in [1.165, 1.54) is 11.1 Å². The molecule has 0 saturated heterocycles. The molecule has 0 fully saturated rings. The number of aromatic nitrogens is 3. The topological polar surface area (TPSA) is 60.7 Å². The van der Waals surface area contributed by atoms with Crippen molar-refractivity contribution >= 4 is 11.6 Å². The second-order valence-corrected chi connectivity index (χ2v) is 7.47. The molecule has 30 heavy (non-hydrogen) atoms. The lowest BCUT2D eigenvalue weighted by molar-refractivity contribution is 0.230. The van der Waals surface area contributed by atoms with Crippen LogP contribution in [0.5, 0.6) is 11.5 Å². The van der Waals surface area contributed by atoms with Crippen molar-refractivity contribution in [2.24, 2.45) is 0 Å². The fourth-order valence-electron chi connectivity index (χ4n) is 3.32. The van der Waals surface area contributed by atoms with Gasteiger partial charge in [-0.1, -0.05) is 29.8 Å². The van der Waals surface area contributed by atoms with Gasteiger partial charge < -0.3 is 14.8 Å². The largest absolute Gasteiger partial charge is 0.493 e. The van der Waals surface area contributed by atoms with Gasteiger partial charge in [0, 0.05) is 24.5 Å². The Bertz CT molecular complexity index is 1150. The summed E-state index contributed by atoms with van der Waals surface area (Å²) in [5.41, 5.74) is 4.19. The standard InChI is InChI=1S/C24H26N4O2/c1-16(2)30-20-11-10-19(14-21(20)29-4)22-23(28-13-5-12-25-24(28)27-22)26-15-18-8-6-17(3)7-9-18/h5-14,16,26H,15H2,1-4H3. The Kier molecular flexibility index (Phi) is 5.57. The normalized spacial score (nSPS) is 11.1. The number of nitrogens with zero attached hydrogens (tertiary/aromatic N) is 3. The Morgan fingerprint density at radius 2 is 1.87 bits per heavy atom. The van der Waals surface area contributed by atoms with Gasteiger partial charge in [-0.15, -0.1) is 0 Å². The third kappa shape index (κ3) is 4.08. The summed E-state index contributed by atoms with van der Waals surface area (Å²) < 4.78 is 13.4. The summed E-state index contributed by atoms with van der Waals surface area (Å²) in [4.78, 5) is 9.18. The van der Waals surface area contributed by atoms with Crippen LogP contribution < -0.4 is 14.8 Å². The zero-order valence-corrected chi connectivity index (χ0v) is 17.7. The van der Waals surface area contributed by atoms with E-state index in [0.29, 0.717) is 23.8 Å². The van der Waals surface area contributed by atoms with Crippen LogP contribution >= 0.6 is 0 Å². The number of fused-ring (bicyclic) bond motifs is 1. The van der Waals surface area contributed by atoms with Gasteiger partial charge in [0.25, 0.3) is 0 Å². The van der Waals surface area contributed by atoms with Crippen LogP contribution in [0.4, 0.5) is 5.82 Å². The summed E-state index contributed by atoms with van der Waals surface area (Å²) in [6.07, 6.45) is 3.77. The van der Waals surface area contributed by atoms with E-state index in [1.807, 2.05) is 48.7 Å². The number of anilines is 1. The first kappa shape index (κ1) is 19.8. The molecular weight excluding hydrogens is 376 g/mol. The molecular formula is C24H26N4O2. The van der Waals surface area contributed by atoms with Gasteiger partial charge in [-0.25, -0.2) is 9.97 Å². The Morgan fingerprint density at radius 1 is 1.07 bits per heavy atom. The quantitative estimate of drug-likeness (QED) is 0.465. The van der Waals surface area contributed by atoms with Crippen LogP contribution in [-0.4, -0.2) is 27.6 Å². The van der Waals surface area contributed by atoms with Gasteiger partial charge in [0.05, 0.1) is 13.2 Å². The first-order valence-corrected chi connectivity index (χ1v) is 10.0. The molecule has 154 valence electrons. The number of imidazole rings is 1. The molecule has 6 heteroatoms. The van der Waals surface area contributed by atoms with E-state index < -0.39 is 0 Å². The smallest absolute Gasteiger partial charge is 0.235 e. The average Bonchev–Trinajstić information content (AvgIpc) is 3.12. The molecule has 4 aromatic rings. The third-order valence-corrected chi connectivity index (χ3v) is 4.78. The summed E-state index contributed by atoms with van der Waals surface area (Å²) in [6, 6.07) is 16.3. The predicted molar refractivity (Wildman–Crippen MR) is 119 cm³/mol. The van der Waals surface area contributed by atoms with E-state index in [9.17, 15) is 0 Å². The molecule has 2 heterocycles. The van der Waals surface area contributed by atoms with Crippen molar-refractivity contribution in [2.75, 3.05) is 12.4 Å². The highest BCUT2D eigenvalue weighted by atomic mass is 16.5. The molecule has 0 unspecified atom stereocenters. The van der Waals surface area contributed by atoms with Crippen molar-refractivity contribution in [1.29, 1.82) is 0 Å². The van der Waals surface area contributed by atoms with Gasteiger partial charge in [-0.2, -0.15) is 0 Å². The molecule has 0 amide bonds. The fourth-order valence-corrected chi connectivity index (χ4v) is 3.32. The summed E-state index contributed by atoms with van der Waals surface area (Å²) in [5, 5.41) is 3.54. The molecule has 0 aliphatic carbocycles. The summed E-state index contributed by atoms with van der Waals surface area (Å²) in [7, 11) is 1.65. The lowest BCUT2D eigenvalue weighted by atomic mass is 10.1. The highest BCUT2D eigenvalue weighted by molar-refractivity contribution is 5.77. The SMILES string of the molecule is COc1cc(-c2nc3ncccn3c2NCc2ccc(C)cc2)ccc1OC(C)C. The zero-order valence-electron chi connectivity index (χ0n) is 17.7. The minimum Gasteiger partial charge on any atom is -0.493 e. The maximum Gasteiger partial charge on any atom is 0.235 e. The number of hydrogen-bond donors (Lipinski definition) is 1. The van der Waals surface area contributed by atoms with Crippen LogP contribution in [0.1, 0.15) is 25.0 Å². The van der Waals surface area contributed by atoms with Crippen molar-refractivity contribution < 1.29 is 9.47 Å². The van der Waals surface area contributed by atoms with Gasteiger partial charge in [-0.05, 0) is 50.6 Å². The maximum atomic E-state index is 5.85. The first-order valence-electron chi connectivity index (χ1n) is 10.0. The lowest BCUT2D eigenvalue weighted by Gasteiger charge is -2.15. The van der Waals surface area contributed by atoms with E-state index >= 15 is 0 Å². The average molecular weight is 402 g/mol. The minimum absolute atomic E-state index is 0.0656. The zero-order chi connectivity index (χ0) is 21.1. The van der Waals surface area contributed by atoms with Crippen molar-refractivity contribution in [1.82, 2.24) is 14.4 Å². The summed E-state index contributed by atoms with van der Waals surface area (Å²) in [6.45, 7) is 6.76. The molecule has 0 radical (unpaired) electrons. The molecule has 6 nitrogen and oxygen atoms in total. The number of nitrogens with one attached hydrogen (secondary N) is 1. The van der Waals surface area contributed by atoms with E-state index in [2.05, 4.69) is 41.5 Å². The Hall–Kier alpha value is -3.54. The Morgan fingerprint density at radius 3 is 2.60 bits per heavy atom. The number of benzene rings is 2. The number of methoxy groups -OCH3 is 1. The molecule has 4 rings (SSSR count). The molecule has 2 aromatic heterocycles.